The lowest BCUT2D eigenvalue weighted by Crippen LogP contribution is -2.45. The van der Waals surface area contributed by atoms with Crippen molar-refractivity contribution in [3.63, 3.8) is 0 Å². The van der Waals surface area contributed by atoms with Crippen molar-refractivity contribution in [2.24, 2.45) is 0 Å². The van der Waals surface area contributed by atoms with E-state index in [1.54, 1.807) is 0 Å². The Morgan fingerprint density at radius 1 is 0.415 bits per heavy atom. The number of aliphatic hydroxyl groups excluding tert-OH is 2. The van der Waals surface area contributed by atoms with Gasteiger partial charge in [-0.25, -0.2) is 0 Å². The van der Waals surface area contributed by atoms with Crippen molar-refractivity contribution in [1.29, 1.82) is 0 Å². The highest BCUT2D eigenvalue weighted by Gasteiger charge is 2.20. The van der Waals surface area contributed by atoms with Gasteiger partial charge in [0.05, 0.1) is 25.4 Å². The van der Waals surface area contributed by atoms with Gasteiger partial charge in [-0.2, -0.15) is 0 Å². The lowest BCUT2D eigenvalue weighted by Gasteiger charge is -2.22. The highest BCUT2D eigenvalue weighted by atomic mass is 16.5. The zero-order valence-electron chi connectivity index (χ0n) is 44.0. The molecular weight excluding hydrogens is 803 g/mol. The van der Waals surface area contributed by atoms with Gasteiger partial charge in [-0.1, -0.05) is 276 Å². The Morgan fingerprint density at radius 2 is 0.723 bits per heavy atom. The van der Waals surface area contributed by atoms with Crippen molar-refractivity contribution in [3.8, 4) is 0 Å². The third kappa shape index (κ3) is 51.8. The first-order chi connectivity index (χ1) is 32.0. The molecule has 0 bridgehead atoms. The topological polar surface area (TPSA) is 95.9 Å². The fraction of sp³-hybridized carbons (Fsp3) is 0.932. The van der Waals surface area contributed by atoms with Crippen LogP contribution in [0.25, 0.3) is 0 Å². The van der Waals surface area contributed by atoms with Gasteiger partial charge in [-0.15, -0.1) is 0 Å². The summed E-state index contributed by atoms with van der Waals surface area (Å²) in [6.45, 7) is 4.94. The van der Waals surface area contributed by atoms with Crippen LogP contribution in [0.5, 0.6) is 0 Å². The Balaban J connectivity index is 3.47. The fourth-order valence-corrected chi connectivity index (χ4v) is 9.28. The van der Waals surface area contributed by atoms with E-state index in [0.717, 1.165) is 70.6 Å². The van der Waals surface area contributed by atoms with Gasteiger partial charge < -0.3 is 20.3 Å². The SMILES string of the molecule is CCCCCCCCCCCCCCCCCCCCCCC(O)C(CO)NC(=O)CCCCC/C=C\CCCCCCCCOC(=O)CCCCCCCCCCCCCCCCC. The lowest BCUT2D eigenvalue weighted by molar-refractivity contribution is -0.143. The smallest absolute Gasteiger partial charge is 0.305 e. The summed E-state index contributed by atoms with van der Waals surface area (Å²) in [5, 5.41) is 23.3. The van der Waals surface area contributed by atoms with E-state index in [1.807, 2.05) is 0 Å². The van der Waals surface area contributed by atoms with Crippen LogP contribution in [-0.4, -0.2) is 47.4 Å². The first kappa shape index (κ1) is 63.6. The number of rotatable bonds is 55. The lowest BCUT2D eigenvalue weighted by atomic mass is 10.0. The van der Waals surface area contributed by atoms with E-state index < -0.39 is 12.1 Å². The summed E-state index contributed by atoms with van der Waals surface area (Å²) in [4.78, 5) is 24.5. The number of carbonyl (C=O) groups excluding carboxylic acids is 2. The maximum absolute atomic E-state index is 12.5. The van der Waals surface area contributed by atoms with E-state index in [0.29, 0.717) is 25.9 Å². The summed E-state index contributed by atoms with van der Waals surface area (Å²) < 4.78 is 5.47. The third-order valence-corrected chi connectivity index (χ3v) is 13.8. The van der Waals surface area contributed by atoms with Crippen molar-refractivity contribution in [2.45, 2.75) is 341 Å². The minimum atomic E-state index is -0.681. The Morgan fingerprint density at radius 3 is 1.11 bits per heavy atom. The molecule has 0 aliphatic carbocycles. The molecule has 0 fully saturated rings. The standard InChI is InChI=1S/C59H115NO5/c1-3-5-7-9-11-13-15-17-19-20-21-22-23-25-27-31-35-39-43-47-51-57(62)56(55-61)60-58(63)52-48-44-40-36-32-28-26-30-34-38-42-46-50-54-65-59(64)53-49-45-41-37-33-29-24-18-16-14-12-10-8-6-4-2/h28,32,56-57,61-62H,3-27,29-31,33-55H2,1-2H3,(H,60,63)/b32-28-. The molecule has 0 saturated carbocycles. The molecule has 0 radical (unpaired) electrons. The van der Waals surface area contributed by atoms with E-state index in [2.05, 4.69) is 31.3 Å². The van der Waals surface area contributed by atoms with Gasteiger partial charge >= 0.3 is 5.97 Å². The summed E-state index contributed by atoms with van der Waals surface area (Å²) >= 11 is 0. The molecule has 0 spiro atoms. The summed E-state index contributed by atoms with van der Waals surface area (Å²) in [6, 6.07) is -0.561. The molecule has 6 heteroatoms. The molecule has 0 aromatic heterocycles. The van der Waals surface area contributed by atoms with E-state index in [1.165, 1.54) is 225 Å². The summed E-state index contributed by atoms with van der Waals surface area (Å²) in [7, 11) is 0. The Hall–Kier alpha value is -1.40. The quantitative estimate of drug-likeness (QED) is 0.0321. The molecule has 0 aliphatic rings. The minimum absolute atomic E-state index is 0.00874. The van der Waals surface area contributed by atoms with Gasteiger partial charge in [0.1, 0.15) is 0 Å². The first-order valence-corrected chi connectivity index (χ1v) is 29.4. The van der Waals surface area contributed by atoms with Crippen molar-refractivity contribution < 1.29 is 24.5 Å². The van der Waals surface area contributed by atoms with Gasteiger partial charge in [0.2, 0.25) is 5.91 Å². The molecule has 1 amide bonds. The van der Waals surface area contributed by atoms with E-state index in [4.69, 9.17) is 4.74 Å². The maximum Gasteiger partial charge on any atom is 0.305 e. The van der Waals surface area contributed by atoms with Crippen molar-refractivity contribution in [2.75, 3.05) is 13.2 Å². The third-order valence-electron chi connectivity index (χ3n) is 13.8. The Kier molecular flexibility index (Phi) is 54.0. The zero-order valence-corrected chi connectivity index (χ0v) is 44.0. The number of unbranched alkanes of at least 4 members (excludes halogenated alkanes) is 42. The molecule has 65 heavy (non-hydrogen) atoms. The van der Waals surface area contributed by atoms with Crippen LogP contribution in [0.1, 0.15) is 328 Å². The first-order valence-electron chi connectivity index (χ1n) is 29.4. The molecular formula is C59H115NO5. The number of carbonyl (C=O) groups is 2. The Bertz CT molecular complexity index is 970. The number of allylic oxidation sites excluding steroid dienone is 2. The van der Waals surface area contributed by atoms with Crippen LogP contribution in [0.15, 0.2) is 12.2 Å². The monoisotopic (exact) mass is 918 g/mol. The number of ether oxygens (including phenoxy) is 1. The predicted octanol–water partition coefficient (Wildman–Crippen LogP) is 18.1. The molecule has 2 unspecified atom stereocenters. The molecule has 0 aromatic carbocycles. The number of nitrogens with one attached hydrogen (secondary N) is 1. The second kappa shape index (κ2) is 55.2. The summed E-state index contributed by atoms with van der Waals surface area (Å²) in [6.07, 6.45) is 64.9. The van der Waals surface area contributed by atoms with Crippen LogP contribution in [0, 0.1) is 0 Å². The van der Waals surface area contributed by atoms with Crippen LogP contribution in [-0.2, 0) is 14.3 Å². The van der Waals surface area contributed by atoms with Crippen LogP contribution in [0.2, 0.25) is 0 Å². The van der Waals surface area contributed by atoms with Gasteiger partial charge in [0, 0.05) is 12.8 Å². The molecule has 0 rings (SSSR count). The molecule has 0 heterocycles. The normalized spacial score (nSPS) is 12.6. The van der Waals surface area contributed by atoms with E-state index >= 15 is 0 Å². The Labute approximate surface area is 406 Å². The second-order valence-corrected chi connectivity index (χ2v) is 20.3. The number of amides is 1. The molecule has 6 nitrogen and oxygen atoms in total. The minimum Gasteiger partial charge on any atom is -0.466 e. The maximum atomic E-state index is 12.5. The molecule has 0 saturated heterocycles. The van der Waals surface area contributed by atoms with E-state index in [9.17, 15) is 19.8 Å². The van der Waals surface area contributed by atoms with Gasteiger partial charge in [-0.3, -0.25) is 9.59 Å². The number of aliphatic hydroxyl groups is 2. The number of hydrogen-bond donors (Lipinski definition) is 3. The van der Waals surface area contributed by atoms with Crippen molar-refractivity contribution >= 4 is 11.9 Å². The fourth-order valence-electron chi connectivity index (χ4n) is 9.28. The van der Waals surface area contributed by atoms with Crippen LogP contribution in [0.3, 0.4) is 0 Å². The predicted molar refractivity (Wildman–Crippen MR) is 283 cm³/mol. The highest BCUT2D eigenvalue weighted by Crippen LogP contribution is 2.18. The zero-order chi connectivity index (χ0) is 47.2. The largest absolute Gasteiger partial charge is 0.466 e. The van der Waals surface area contributed by atoms with Gasteiger partial charge in [0.25, 0.3) is 0 Å². The van der Waals surface area contributed by atoms with Crippen LogP contribution >= 0.6 is 0 Å². The van der Waals surface area contributed by atoms with E-state index in [-0.39, 0.29) is 18.5 Å². The number of esters is 1. The molecule has 2 atom stereocenters. The second-order valence-electron chi connectivity index (χ2n) is 20.3. The van der Waals surface area contributed by atoms with Crippen molar-refractivity contribution in [1.82, 2.24) is 5.32 Å². The average molecular weight is 919 g/mol. The number of hydrogen-bond acceptors (Lipinski definition) is 5. The van der Waals surface area contributed by atoms with Crippen LogP contribution < -0.4 is 5.32 Å². The van der Waals surface area contributed by atoms with Crippen LogP contribution in [0.4, 0.5) is 0 Å². The molecule has 0 aliphatic heterocycles. The molecule has 3 N–H and O–H groups in total. The highest BCUT2D eigenvalue weighted by molar-refractivity contribution is 5.76. The van der Waals surface area contributed by atoms with Gasteiger partial charge in [-0.05, 0) is 51.4 Å². The summed E-state index contributed by atoms with van der Waals surface area (Å²) in [5.41, 5.74) is 0. The molecule has 386 valence electrons. The summed E-state index contributed by atoms with van der Waals surface area (Å²) in [5.74, 6) is -0.0701. The van der Waals surface area contributed by atoms with Crippen molar-refractivity contribution in [3.05, 3.63) is 12.2 Å². The molecule has 0 aromatic rings. The average Bonchev–Trinajstić information content (AvgIpc) is 3.31. The van der Waals surface area contributed by atoms with Gasteiger partial charge in [0.15, 0.2) is 0 Å².